The lowest BCUT2D eigenvalue weighted by Crippen LogP contribution is -2.46. The minimum Gasteiger partial charge on any atom is -0.478 e. The summed E-state index contributed by atoms with van der Waals surface area (Å²) in [4.78, 5) is 31.0. The molecule has 214 valence electrons. The van der Waals surface area contributed by atoms with Gasteiger partial charge in [0.1, 0.15) is 0 Å². The van der Waals surface area contributed by atoms with Gasteiger partial charge < -0.3 is 19.6 Å². The molecule has 0 atom stereocenters. The van der Waals surface area contributed by atoms with E-state index in [-0.39, 0.29) is 11.0 Å². The van der Waals surface area contributed by atoms with Crippen LogP contribution in [0, 0.1) is 0 Å². The van der Waals surface area contributed by atoms with Crippen LogP contribution in [0.25, 0.3) is 0 Å². The Balaban J connectivity index is 1.45. The monoisotopic (exact) mass is 560 g/mol. The van der Waals surface area contributed by atoms with E-state index in [1.807, 2.05) is 6.07 Å². The van der Waals surface area contributed by atoms with Crippen LogP contribution < -0.4 is 9.80 Å². The highest BCUT2D eigenvalue weighted by Gasteiger charge is 2.58. The van der Waals surface area contributed by atoms with Crippen LogP contribution in [0.2, 0.25) is 0 Å². The van der Waals surface area contributed by atoms with Crippen LogP contribution >= 0.6 is 0 Å². The van der Waals surface area contributed by atoms with Crippen LogP contribution in [0.15, 0.2) is 30.3 Å². The van der Waals surface area contributed by atoms with E-state index >= 15 is 0 Å². The molecule has 0 unspecified atom stereocenters. The number of carboxylic acids is 1. The molecule has 3 aromatic rings. The van der Waals surface area contributed by atoms with Gasteiger partial charge in [-0.15, -0.1) is 0 Å². The Morgan fingerprint density at radius 1 is 0.762 bits per heavy atom. The van der Waals surface area contributed by atoms with Crippen molar-refractivity contribution in [2.45, 2.75) is 76.2 Å². The van der Waals surface area contributed by atoms with Crippen molar-refractivity contribution in [1.29, 1.82) is 0 Å². The lowest BCUT2D eigenvalue weighted by atomic mass is 9.57. The number of carbonyl (C=O) groups is 2. The van der Waals surface area contributed by atoms with Crippen molar-refractivity contribution in [2.24, 2.45) is 0 Å². The molecule has 42 heavy (non-hydrogen) atoms. The van der Waals surface area contributed by atoms with E-state index in [0.717, 1.165) is 94.2 Å². The highest BCUT2D eigenvalue weighted by atomic mass is 16.6. The average Bonchev–Trinajstić information content (AvgIpc) is 3.28. The Labute approximate surface area is 246 Å². The smallest absolute Gasteiger partial charge is 0.340 e. The fraction of sp³-hybridized carbons (Fsp3) is 0.444. The molecule has 1 aliphatic carbocycles. The maximum absolute atomic E-state index is 13.9. The molecule has 0 bridgehead atoms. The summed E-state index contributed by atoms with van der Waals surface area (Å²) in [5.74, 6) is -1.46. The summed E-state index contributed by atoms with van der Waals surface area (Å²) in [5, 5.41) is 9.79. The SMILES string of the molecule is CC1(C)c2c(cc3c4c2CCCN4CCC3)C2(OC(=O)c3cc(C(=O)O)ccc32)c2cc3c4c(c21)CCCN4CCC3. The average molecular weight is 561 g/mol. The van der Waals surface area contributed by atoms with E-state index < -0.39 is 17.5 Å². The van der Waals surface area contributed by atoms with E-state index in [2.05, 4.69) is 35.8 Å². The lowest BCUT2D eigenvalue weighted by molar-refractivity contribution is 0.0230. The summed E-state index contributed by atoms with van der Waals surface area (Å²) in [7, 11) is 0. The van der Waals surface area contributed by atoms with E-state index in [1.165, 1.54) is 50.8 Å². The maximum atomic E-state index is 13.9. The molecule has 0 aromatic heterocycles. The van der Waals surface area contributed by atoms with Crippen molar-refractivity contribution in [1.82, 2.24) is 0 Å². The number of aromatic carboxylic acids is 1. The summed E-state index contributed by atoms with van der Waals surface area (Å²) in [6.45, 7) is 9.21. The van der Waals surface area contributed by atoms with Gasteiger partial charge >= 0.3 is 11.9 Å². The first-order valence-corrected chi connectivity index (χ1v) is 15.8. The van der Waals surface area contributed by atoms with Gasteiger partial charge in [0.2, 0.25) is 0 Å². The maximum Gasteiger partial charge on any atom is 0.340 e. The zero-order valence-corrected chi connectivity index (χ0v) is 24.4. The highest BCUT2D eigenvalue weighted by molar-refractivity contribution is 6.00. The summed E-state index contributed by atoms with van der Waals surface area (Å²) in [6.07, 6.45) is 8.62. The van der Waals surface area contributed by atoms with Gasteiger partial charge in [0.15, 0.2) is 5.60 Å². The normalized spacial score (nSPS) is 21.6. The predicted molar refractivity (Wildman–Crippen MR) is 161 cm³/mol. The number of anilines is 2. The van der Waals surface area contributed by atoms with E-state index in [9.17, 15) is 14.7 Å². The Kier molecular flexibility index (Phi) is 4.82. The summed E-state index contributed by atoms with van der Waals surface area (Å²) in [5.41, 5.74) is 13.2. The first-order chi connectivity index (χ1) is 20.3. The second kappa shape index (κ2) is 8.18. The third kappa shape index (κ3) is 2.91. The molecular weight excluding hydrogens is 524 g/mol. The zero-order valence-electron chi connectivity index (χ0n) is 24.4. The molecule has 0 saturated heterocycles. The predicted octanol–water partition coefficient (Wildman–Crippen LogP) is 5.88. The Morgan fingerprint density at radius 2 is 1.29 bits per heavy atom. The summed E-state index contributed by atoms with van der Waals surface area (Å²) in [6, 6.07) is 9.80. The fourth-order valence-electron chi connectivity index (χ4n) is 9.78. The first-order valence-electron chi connectivity index (χ1n) is 15.8. The van der Waals surface area contributed by atoms with Crippen molar-refractivity contribution in [2.75, 3.05) is 36.0 Å². The topological polar surface area (TPSA) is 70.1 Å². The molecule has 0 amide bonds. The molecule has 0 fully saturated rings. The van der Waals surface area contributed by atoms with Crippen molar-refractivity contribution in [3.8, 4) is 0 Å². The van der Waals surface area contributed by atoms with Gasteiger partial charge in [0, 0.05) is 59.7 Å². The molecule has 6 aliphatic rings. The number of carboxylic acid groups (broad SMARTS) is 1. The van der Waals surface area contributed by atoms with Crippen LogP contribution in [0.5, 0.6) is 0 Å². The van der Waals surface area contributed by atoms with Crippen LogP contribution in [0.4, 0.5) is 11.4 Å². The molecule has 1 spiro atoms. The van der Waals surface area contributed by atoms with Gasteiger partial charge in [0.05, 0.1) is 11.1 Å². The minimum absolute atomic E-state index is 0.117. The van der Waals surface area contributed by atoms with Gasteiger partial charge in [0.25, 0.3) is 0 Å². The van der Waals surface area contributed by atoms with Gasteiger partial charge in [-0.05, 0) is 109 Å². The number of aryl methyl sites for hydroxylation is 2. The van der Waals surface area contributed by atoms with E-state index in [4.69, 9.17) is 4.74 Å². The van der Waals surface area contributed by atoms with E-state index in [0.29, 0.717) is 5.56 Å². The van der Waals surface area contributed by atoms with Crippen molar-refractivity contribution in [3.05, 3.63) is 91.5 Å². The summed E-state index contributed by atoms with van der Waals surface area (Å²) < 4.78 is 6.75. The first kappa shape index (κ1) is 24.8. The van der Waals surface area contributed by atoms with Gasteiger partial charge in [-0.25, -0.2) is 9.59 Å². The molecule has 5 heterocycles. The van der Waals surface area contributed by atoms with Crippen LogP contribution in [0.1, 0.15) is 110 Å². The number of esters is 1. The van der Waals surface area contributed by atoms with Crippen molar-refractivity contribution >= 4 is 23.3 Å². The second-order valence-corrected chi connectivity index (χ2v) is 13.7. The lowest BCUT2D eigenvalue weighted by Gasteiger charge is -2.51. The number of rotatable bonds is 1. The molecule has 6 nitrogen and oxygen atoms in total. The number of carbonyl (C=O) groups excluding carboxylic acids is 1. The molecule has 5 aliphatic heterocycles. The van der Waals surface area contributed by atoms with Crippen molar-refractivity contribution < 1.29 is 19.4 Å². The van der Waals surface area contributed by atoms with Gasteiger partial charge in [-0.3, -0.25) is 0 Å². The molecule has 6 heteroatoms. The zero-order chi connectivity index (χ0) is 28.5. The highest BCUT2D eigenvalue weighted by Crippen LogP contribution is 2.62. The largest absolute Gasteiger partial charge is 0.478 e. The second-order valence-electron chi connectivity index (χ2n) is 13.7. The minimum atomic E-state index is -1.08. The Morgan fingerprint density at radius 3 is 1.81 bits per heavy atom. The van der Waals surface area contributed by atoms with Gasteiger partial charge in [-0.2, -0.15) is 0 Å². The van der Waals surface area contributed by atoms with Crippen molar-refractivity contribution in [3.63, 3.8) is 0 Å². The number of fused-ring (bicyclic) bond motifs is 8. The number of hydrogen-bond donors (Lipinski definition) is 1. The van der Waals surface area contributed by atoms with Crippen LogP contribution in [-0.4, -0.2) is 43.2 Å². The Hall–Kier alpha value is -3.80. The van der Waals surface area contributed by atoms with Gasteiger partial charge in [-0.1, -0.05) is 19.9 Å². The van der Waals surface area contributed by atoms with Crippen LogP contribution in [-0.2, 0) is 41.4 Å². The third-order valence-electron chi connectivity index (χ3n) is 11.2. The standard InChI is InChI=1S/C36H36N2O4/c1-35(2)29-23-9-5-15-37-13-3-7-20(31(23)37)18-27(29)36(26-12-11-22(33(39)40)17-25(26)34(41)42-36)28-19-21-8-4-14-38-16-6-10-24(30(28)35)32(21)38/h11-12,17-19H,3-10,13-16H2,1-2H3,(H,39,40). The number of nitrogens with zero attached hydrogens (tertiary/aromatic N) is 2. The molecule has 0 radical (unpaired) electrons. The van der Waals surface area contributed by atoms with E-state index in [1.54, 1.807) is 6.07 Å². The fourth-order valence-corrected chi connectivity index (χ4v) is 9.78. The molecule has 9 rings (SSSR count). The number of ether oxygens (including phenoxy) is 1. The third-order valence-corrected chi connectivity index (χ3v) is 11.2. The molecule has 3 aromatic carbocycles. The quantitative estimate of drug-likeness (QED) is 0.375. The Bertz CT molecular complexity index is 1680. The molecule has 0 saturated carbocycles. The number of benzene rings is 3. The van der Waals surface area contributed by atoms with Crippen LogP contribution in [0.3, 0.4) is 0 Å². The summed E-state index contributed by atoms with van der Waals surface area (Å²) >= 11 is 0. The molecule has 1 N–H and O–H groups in total. The number of hydrogen-bond acceptors (Lipinski definition) is 5. The molecular formula is C36H36N2O4.